The Bertz CT molecular complexity index is 971. The van der Waals surface area contributed by atoms with Gasteiger partial charge in [-0.1, -0.05) is 30.3 Å². The lowest BCUT2D eigenvalue weighted by atomic mass is 10.2. The third-order valence-electron chi connectivity index (χ3n) is 3.80. The number of aromatic nitrogens is 2. The molecule has 0 unspecified atom stereocenters. The first-order chi connectivity index (χ1) is 12.7. The molecule has 0 fully saturated rings. The number of H-pyrrole nitrogens is 1. The number of carbonyl (C=O) groups is 1. The van der Waals surface area contributed by atoms with Crippen molar-refractivity contribution in [1.82, 2.24) is 15.3 Å². The number of hydrogen-bond acceptors (Lipinski definition) is 5. The van der Waals surface area contributed by atoms with Gasteiger partial charge in [0, 0.05) is 12.1 Å². The maximum atomic E-state index is 12.0. The summed E-state index contributed by atoms with van der Waals surface area (Å²) in [5.74, 6) is 1.98. The number of benzene rings is 2. The number of methoxy groups -OCH3 is 1. The van der Waals surface area contributed by atoms with Crippen LogP contribution in [-0.2, 0) is 17.1 Å². The number of thioether (sulfide) groups is 1. The van der Waals surface area contributed by atoms with Crippen LogP contribution in [0.5, 0.6) is 5.75 Å². The molecule has 2 aromatic carbocycles. The number of carbonyl (C=O) groups excluding carboxylic acids is 1. The number of nitrogens with one attached hydrogen (secondary N) is 2. The van der Waals surface area contributed by atoms with Crippen LogP contribution in [0.4, 0.5) is 0 Å². The van der Waals surface area contributed by atoms with E-state index in [1.54, 1.807) is 25.3 Å². The molecule has 3 rings (SSSR count). The Morgan fingerprint density at radius 3 is 2.81 bits per heavy atom. The molecule has 1 heterocycles. The maximum absolute atomic E-state index is 12.0. The highest BCUT2D eigenvalue weighted by Gasteiger charge is 2.07. The number of nitrogens with zero attached hydrogens (tertiary/aromatic N) is 1. The molecule has 0 aliphatic heterocycles. The summed E-state index contributed by atoms with van der Waals surface area (Å²) in [6, 6.07) is 14.8. The molecule has 0 atom stereocenters. The van der Waals surface area contributed by atoms with Crippen LogP contribution in [0.1, 0.15) is 11.4 Å². The standard InChI is InChI=1S/C19H19N3O3S/c1-25-16-9-5-2-6-13(16)10-20-18(23)12-26-11-17-21-15-8-4-3-7-14(15)19(24)22-17/h2-9H,10-12H2,1H3,(H,20,23)(H,21,22,24). The van der Waals surface area contributed by atoms with Gasteiger partial charge in [0.2, 0.25) is 5.91 Å². The van der Waals surface area contributed by atoms with Gasteiger partial charge in [0.15, 0.2) is 0 Å². The number of ether oxygens (including phenoxy) is 1. The summed E-state index contributed by atoms with van der Waals surface area (Å²) in [5.41, 5.74) is 1.42. The lowest BCUT2D eigenvalue weighted by Crippen LogP contribution is -2.25. The molecule has 0 bridgehead atoms. The van der Waals surface area contributed by atoms with Crippen molar-refractivity contribution in [2.75, 3.05) is 12.9 Å². The van der Waals surface area contributed by atoms with Crippen LogP contribution in [-0.4, -0.2) is 28.7 Å². The molecule has 0 radical (unpaired) electrons. The van der Waals surface area contributed by atoms with Gasteiger partial charge in [0.05, 0.1) is 29.5 Å². The van der Waals surface area contributed by atoms with Gasteiger partial charge in [-0.15, -0.1) is 11.8 Å². The molecule has 0 aliphatic rings. The molecule has 0 saturated carbocycles. The summed E-state index contributed by atoms with van der Waals surface area (Å²) < 4.78 is 5.26. The van der Waals surface area contributed by atoms with Gasteiger partial charge in [-0.3, -0.25) is 9.59 Å². The van der Waals surface area contributed by atoms with E-state index in [-0.39, 0.29) is 17.2 Å². The van der Waals surface area contributed by atoms with Gasteiger partial charge in [0.1, 0.15) is 11.6 Å². The van der Waals surface area contributed by atoms with Crippen LogP contribution in [0.25, 0.3) is 10.9 Å². The number of amides is 1. The zero-order chi connectivity index (χ0) is 18.4. The Labute approximate surface area is 155 Å². The molecule has 1 amide bonds. The van der Waals surface area contributed by atoms with Crippen molar-refractivity contribution in [3.63, 3.8) is 0 Å². The third kappa shape index (κ3) is 4.43. The van der Waals surface area contributed by atoms with Gasteiger partial charge in [-0.05, 0) is 18.2 Å². The highest BCUT2D eigenvalue weighted by Crippen LogP contribution is 2.17. The Kier molecular flexibility index (Phi) is 5.91. The van der Waals surface area contributed by atoms with Crippen LogP contribution in [0.3, 0.4) is 0 Å². The van der Waals surface area contributed by atoms with E-state index in [0.717, 1.165) is 11.3 Å². The monoisotopic (exact) mass is 369 g/mol. The average molecular weight is 369 g/mol. The molecule has 26 heavy (non-hydrogen) atoms. The minimum atomic E-state index is -0.160. The molecule has 134 valence electrons. The first-order valence-corrected chi connectivity index (χ1v) is 9.27. The number of hydrogen-bond donors (Lipinski definition) is 2. The second-order valence-electron chi connectivity index (χ2n) is 5.61. The number of aromatic amines is 1. The van der Waals surface area contributed by atoms with Crippen molar-refractivity contribution in [2.45, 2.75) is 12.3 Å². The largest absolute Gasteiger partial charge is 0.496 e. The first-order valence-electron chi connectivity index (χ1n) is 8.11. The fourth-order valence-electron chi connectivity index (χ4n) is 2.54. The predicted octanol–water partition coefficient (Wildman–Crippen LogP) is 2.48. The quantitative estimate of drug-likeness (QED) is 0.668. The van der Waals surface area contributed by atoms with E-state index in [4.69, 9.17) is 4.74 Å². The molecule has 2 N–H and O–H groups in total. The highest BCUT2D eigenvalue weighted by atomic mass is 32.2. The van der Waals surface area contributed by atoms with E-state index in [0.29, 0.717) is 29.0 Å². The van der Waals surface area contributed by atoms with Crippen LogP contribution in [0.2, 0.25) is 0 Å². The first kappa shape index (κ1) is 18.0. The molecular formula is C19H19N3O3S. The van der Waals surface area contributed by atoms with Crippen LogP contribution in [0, 0.1) is 0 Å². The van der Waals surface area contributed by atoms with Crippen molar-refractivity contribution >= 4 is 28.6 Å². The average Bonchev–Trinajstić information content (AvgIpc) is 2.66. The smallest absolute Gasteiger partial charge is 0.258 e. The van der Waals surface area contributed by atoms with Gasteiger partial charge < -0.3 is 15.0 Å². The molecular weight excluding hydrogens is 350 g/mol. The summed E-state index contributed by atoms with van der Waals surface area (Å²) in [5, 5.41) is 3.43. The summed E-state index contributed by atoms with van der Waals surface area (Å²) in [6.45, 7) is 0.411. The number of rotatable bonds is 7. The van der Waals surface area contributed by atoms with Crippen molar-refractivity contribution < 1.29 is 9.53 Å². The second kappa shape index (κ2) is 8.53. The summed E-state index contributed by atoms with van der Waals surface area (Å²) in [4.78, 5) is 31.2. The van der Waals surface area contributed by atoms with Gasteiger partial charge in [0.25, 0.3) is 5.56 Å². The van der Waals surface area contributed by atoms with Crippen molar-refractivity contribution in [3.05, 3.63) is 70.3 Å². The SMILES string of the molecule is COc1ccccc1CNC(=O)CSCc1nc2ccccc2c(=O)[nH]1. The lowest BCUT2D eigenvalue weighted by Gasteiger charge is -2.09. The Hall–Kier alpha value is -2.80. The highest BCUT2D eigenvalue weighted by molar-refractivity contribution is 7.99. The van der Waals surface area contributed by atoms with Crippen molar-refractivity contribution in [2.24, 2.45) is 0 Å². The summed E-state index contributed by atoms with van der Waals surface area (Å²) in [7, 11) is 1.61. The van der Waals surface area contributed by atoms with E-state index in [1.165, 1.54) is 11.8 Å². The van der Waals surface area contributed by atoms with E-state index >= 15 is 0 Å². The Morgan fingerprint density at radius 2 is 1.96 bits per heavy atom. The topological polar surface area (TPSA) is 84.1 Å². The third-order valence-corrected chi connectivity index (χ3v) is 4.75. The van der Waals surface area contributed by atoms with Crippen molar-refractivity contribution in [3.8, 4) is 5.75 Å². The van der Waals surface area contributed by atoms with E-state index in [9.17, 15) is 9.59 Å². The van der Waals surface area contributed by atoms with Crippen LogP contribution >= 0.6 is 11.8 Å². The Balaban J connectivity index is 1.52. The number of para-hydroxylation sites is 2. The van der Waals surface area contributed by atoms with E-state index < -0.39 is 0 Å². The van der Waals surface area contributed by atoms with Crippen LogP contribution < -0.4 is 15.6 Å². The zero-order valence-electron chi connectivity index (χ0n) is 14.3. The molecule has 3 aromatic rings. The van der Waals surface area contributed by atoms with Crippen molar-refractivity contribution in [1.29, 1.82) is 0 Å². The molecule has 0 aliphatic carbocycles. The lowest BCUT2D eigenvalue weighted by molar-refractivity contribution is -0.118. The predicted molar refractivity (Wildman–Crippen MR) is 103 cm³/mol. The maximum Gasteiger partial charge on any atom is 0.258 e. The van der Waals surface area contributed by atoms with Crippen LogP contribution in [0.15, 0.2) is 53.3 Å². The zero-order valence-corrected chi connectivity index (χ0v) is 15.1. The minimum absolute atomic E-state index is 0.0796. The summed E-state index contributed by atoms with van der Waals surface area (Å²) in [6.07, 6.45) is 0. The number of fused-ring (bicyclic) bond motifs is 1. The molecule has 1 aromatic heterocycles. The summed E-state index contributed by atoms with van der Waals surface area (Å²) >= 11 is 1.40. The molecule has 0 saturated heterocycles. The van der Waals surface area contributed by atoms with Gasteiger partial charge >= 0.3 is 0 Å². The van der Waals surface area contributed by atoms with Gasteiger partial charge in [-0.25, -0.2) is 4.98 Å². The normalized spacial score (nSPS) is 10.7. The minimum Gasteiger partial charge on any atom is -0.496 e. The molecule has 6 nitrogen and oxygen atoms in total. The van der Waals surface area contributed by atoms with E-state index in [1.807, 2.05) is 30.3 Å². The fraction of sp³-hybridized carbons (Fsp3) is 0.211. The Morgan fingerprint density at radius 1 is 1.19 bits per heavy atom. The fourth-order valence-corrected chi connectivity index (χ4v) is 3.26. The second-order valence-corrected chi connectivity index (χ2v) is 6.60. The molecule has 0 spiro atoms. The van der Waals surface area contributed by atoms with E-state index in [2.05, 4.69) is 15.3 Å². The molecule has 7 heteroatoms. The van der Waals surface area contributed by atoms with Gasteiger partial charge in [-0.2, -0.15) is 0 Å².